The Morgan fingerprint density at radius 3 is 2.83 bits per heavy atom. The van der Waals surface area contributed by atoms with Crippen molar-refractivity contribution < 1.29 is 17.9 Å². The summed E-state index contributed by atoms with van der Waals surface area (Å²) < 4.78 is 32.5. The summed E-state index contributed by atoms with van der Waals surface area (Å²) in [5, 5.41) is 1.76. The van der Waals surface area contributed by atoms with E-state index in [0.717, 1.165) is 19.5 Å². The van der Waals surface area contributed by atoms with Gasteiger partial charge in [-0.3, -0.25) is 9.69 Å². The van der Waals surface area contributed by atoms with Gasteiger partial charge >= 0.3 is 0 Å². The van der Waals surface area contributed by atoms with Crippen LogP contribution in [-0.4, -0.2) is 87.5 Å². The summed E-state index contributed by atoms with van der Waals surface area (Å²) >= 11 is 1.22. The zero-order chi connectivity index (χ0) is 17.2. The highest BCUT2D eigenvalue weighted by Gasteiger charge is 2.40. The molecule has 0 saturated carbocycles. The minimum absolute atomic E-state index is 0.00609. The lowest BCUT2D eigenvalue weighted by Crippen LogP contribution is -2.60. The smallest absolute Gasteiger partial charge is 0.252 e. The number of sulfonamides is 1. The second-order valence-electron chi connectivity index (χ2n) is 6.02. The maximum Gasteiger partial charge on any atom is 0.252 e. The number of ether oxygens (including phenoxy) is 1. The molecular formula is C15H23N3O4S2. The zero-order valence-electron chi connectivity index (χ0n) is 13.8. The molecule has 1 aromatic heterocycles. The quantitative estimate of drug-likeness (QED) is 0.743. The van der Waals surface area contributed by atoms with Crippen molar-refractivity contribution in [2.75, 3.05) is 53.0 Å². The summed E-state index contributed by atoms with van der Waals surface area (Å²) in [4.78, 5) is 16.7. The van der Waals surface area contributed by atoms with Gasteiger partial charge in [-0.25, -0.2) is 8.42 Å². The fourth-order valence-electron chi connectivity index (χ4n) is 3.26. The van der Waals surface area contributed by atoms with Crippen LogP contribution in [0.1, 0.15) is 6.42 Å². The van der Waals surface area contributed by atoms with E-state index in [0.29, 0.717) is 30.5 Å². The van der Waals surface area contributed by atoms with Gasteiger partial charge in [0, 0.05) is 46.4 Å². The van der Waals surface area contributed by atoms with E-state index in [2.05, 4.69) is 4.90 Å². The number of thiophene rings is 1. The lowest BCUT2D eigenvalue weighted by molar-refractivity contribution is -0.142. The first-order valence-electron chi connectivity index (χ1n) is 8.09. The zero-order valence-corrected chi connectivity index (χ0v) is 15.4. The Bertz CT molecular complexity index is 662. The lowest BCUT2D eigenvalue weighted by atomic mass is 10.1. The van der Waals surface area contributed by atoms with Crippen molar-refractivity contribution in [1.29, 1.82) is 0 Å². The van der Waals surface area contributed by atoms with E-state index < -0.39 is 16.1 Å². The average Bonchev–Trinajstić information content (AvgIpc) is 3.02. The number of piperazine rings is 1. The van der Waals surface area contributed by atoms with Gasteiger partial charge in [-0.15, -0.1) is 11.3 Å². The summed E-state index contributed by atoms with van der Waals surface area (Å²) in [7, 11) is -1.91. The first-order chi connectivity index (χ1) is 11.5. The Labute approximate surface area is 146 Å². The second kappa shape index (κ2) is 7.49. The molecule has 7 nitrogen and oxygen atoms in total. The Kier molecular flexibility index (Phi) is 5.56. The molecule has 1 amide bonds. The Morgan fingerprint density at radius 2 is 2.12 bits per heavy atom. The molecule has 0 bridgehead atoms. The van der Waals surface area contributed by atoms with E-state index in [4.69, 9.17) is 4.74 Å². The van der Waals surface area contributed by atoms with Crippen LogP contribution in [0.4, 0.5) is 0 Å². The van der Waals surface area contributed by atoms with Crippen LogP contribution in [0, 0.1) is 0 Å². The standard InChI is InChI=1S/C15H23N3O4S2/c1-22-10-9-17-8-7-16-5-3-6-18(12-13(16)15(17)19)24(20,21)14-4-2-11-23-14/h2,4,11,13H,3,5-10,12H2,1H3. The molecule has 2 aliphatic heterocycles. The maximum atomic E-state index is 12.8. The summed E-state index contributed by atoms with van der Waals surface area (Å²) in [6, 6.07) is 2.96. The van der Waals surface area contributed by atoms with Gasteiger partial charge in [-0.05, 0) is 17.9 Å². The molecule has 0 spiro atoms. The van der Waals surface area contributed by atoms with Crippen LogP contribution in [0.25, 0.3) is 0 Å². The number of carbonyl (C=O) groups excluding carboxylic acids is 1. The Balaban J connectivity index is 1.78. The van der Waals surface area contributed by atoms with Gasteiger partial charge in [0.1, 0.15) is 10.3 Å². The van der Waals surface area contributed by atoms with Gasteiger partial charge in [0.2, 0.25) is 5.91 Å². The van der Waals surface area contributed by atoms with Crippen molar-refractivity contribution in [2.45, 2.75) is 16.7 Å². The molecule has 1 aromatic rings. The van der Waals surface area contributed by atoms with Gasteiger partial charge in [-0.2, -0.15) is 4.31 Å². The molecular weight excluding hydrogens is 350 g/mol. The highest BCUT2D eigenvalue weighted by atomic mass is 32.2. The van der Waals surface area contributed by atoms with E-state index in [-0.39, 0.29) is 12.5 Å². The van der Waals surface area contributed by atoms with Crippen LogP contribution in [0.15, 0.2) is 21.7 Å². The van der Waals surface area contributed by atoms with Crippen molar-refractivity contribution in [3.8, 4) is 0 Å². The number of fused-ring (bicyclic) bond motifs is 1. The number of amides is 1. The van der Waals surface area contributed by atoms with E-state index in [9.17, 15) is 13.2 Å². The molecule has 3 rings (SSSR count). The highest BCUT2D eigenvalue weighted by molar-refractivity contribution is 7.91. The molecule has 1 unspecified atom stereocenters. The highest BCUT2D eigenvalue weighted by Crippen LogP contribution is 2.25. The van der Waals surface area contributed by atoms with E-state index in [1.165, 1.54) is 15.6 Å². The van der Waals surface area contributed by atoms with Crippen molar-refractivity contribution in [3.63, 3.8) is 0 Å². The summed E-state index contributed by atoms with van der Waals surface area (Å²) in [6.07, 6.45) is 0.743. The minimum Gasteiger partial charge on any atom is -0.383 e. The third-order valence-electron chi connectivity index (χ3n) is 4.58. The largest absolute Gasteiger partial charge is 0.383 e. The van der Waals surface area contributed by atoms with Gasteiger partial charge in [-0.1, -0.05) is 6.07 Å². The number of hydrogen-bond acceptors (Lipinski definition) is 6. The number of carbonyl (C=O) groups is 1. The predicted octanol–water partition coefficient (Wildman–Crippen LogP) is 0.302. The van der Waals surface area contributed by atoms with Gasteiger partial charge in [0.25, 0.3) is 10.0 Å². The molecule has 134 valence electrons. The van der Waals surface area contributed by atoms with Crippen LogP contribution in [0.2, 0.25) is 0 Å². The van der Waals surface area contributed by atoms with Gasteiger partial charge in [0.15, 0.2) is 0 Å². The first-order valence-corrected chi connectivity index (χ1v) is 10.4. The maximum absolute atomic E-state index is 12.8. The molecule has 2 saturated heterocycles. The number of nitrogens with zero attached hydrogens (tertiary/aromatic N) is 3. The number of hydrogen-bond donors (Lipinski definition) is 0. The monoisotopic (exact) mass is 373 g/mol. The normalized spacial score (nSPS) is 24.0. The number of rotatable bonds is 5. The Morgan fingerprint density at radius 1 is 1.29 bits per heavy atom. The molecule has 24 heavy (non-hydrogen) atoms. The van der Waals surface area contributed by atoms with Crippen LogP contribution in [0.5, 0.6) is 0 Å². The fraction of sp³-hybridized carbons (Fsp3) is 0.667. The fourth-order valence-corrected chi connectivity index (χ4v) is 5.89. The molecule has 1 atom stereocenters. The number of methoxy groups -OCH3 is 1. The molecule has 0 N–H and O–H groups in total. The summed E-state index contributed by atoms with van der Waals surface area (Å²) in [5.74, 6) is 0.00609. The van der Waals surface area contributed by atoms with Crippen LogP contribution < -0.4 is 0 Å². The van der Waals surface area contributed by atoms with Crippen molar-refractivity contribution >= 4 is 27.3 Å². The average molecular weight is 374 g/mol. The lowest BCUT2D eigenvalue weighted by Gasteiger charge is -2.40. The van der Waals surface area contributed by atoms with E-state index >= 15 is 0 Å². The molecule has 0 radical (unpaired) electrons. The SMILES string of the molecule is COCCN1CCN2CCCN(S(=O)(=O)c3cccs3)CC2C1=O. The first kappa shape index (κ1) is 17.8. The van der Waals surface area contributed by atoms with E-state index in [1.807, 2.05) is 0 Å². The van der Waals surface area contributed by atoms with Gasteiger partial charge < -0.3 is 9.64 Å². The topological polar surface area (TPSA) is 70.2 Å². The van der Waals surface area contributed by atoms with Crippen molar-refractivity contribution in [2.24, 2.45) is 0 Å². The molecule has 2 fully saturated rings. The van der Waals surface area contributed by atoms with Gasteiger partial charge in [0.05, 0.1) is 6.61 Å². The van der Waals surface area contributed by atoms with Crippen LogP contribution >= 0.6 is 11.3 Å². The van der Waals surface area contributed by atoms with E-state index in [1.54, 1.807) is 29.5 Å². The van der Waals surface area contributed by atoms with Crippen molar-refractivity contribution in [3.05, 3.63) is 17.5 Å². The third kappa shape index (κ3) is 3.50. The second-order valence-corrected chi connectivity index (χ2v) is 9.13. The summed E-state index contributed by atoms with van der Waals surface area (Å²) in [6.45, 7) is 3.95. The predicted molar refractivity (Wildman–Crippen MR) is 91.5 cm³/mol. The van der Waals surface area contributed by atoms with Crippen molar-refractivity contribution in [1.82, 2.24) is 14.1 Å². The molecule has 9 heteroatoms. The van der Waals surface area contributed by atoms with Crippen LogP contribution in [-0.2, 0) is 19.6 Å². The molecule has 0 aromatic carbocycles. The van der Waals surface area contributed by atoms with Crippen LogP contribution in [0.3, 0.4) is 0 Å². The Hall–Kier alpha value is -1.00. The summed E-state index contributed by atoms with van der Waals surface area (Å²) in [5.41, 5.74) is 0. The molecule has 2 aliphatic rings. The molecule has 0 aliphatic carbocycles. The minimum atomic E-state index is -3.52. The molecule has 3 heterocycles. The third-order valence-corrected chi connectivity index (χ3v) is 7.82.